The van der Waals surface area contributed by atoms with Crippen LogP contribution in [0.2, 0.25) is 0 Å². The van der Waals surface area contributed by atoms with Gasteiger partial charge in [-0.05, 0) is 0 Å². The van der Waals surface area contributed by atoms with Crippen LogP contribution in [-0.4, -0.2) is 48.1 Å². The maximum atomic E-state index is 0. The van der Waals surface area contributed by atoms with Crippen molar-refractivity contribution in [1.29, 1.82) is 0 Å². The van der Waals surface area contributed by atoms with Gasteiger partial charge in [0.1, 0.15) is 0 Å². The predicted molar refractivity (Wildman–Crippen MR) is 24.4 cm³/mol. The second kappa shape index (κ2) is 92.6. The molecule has 0 saturated heterocycles. The molecule has 8 N–H and O–H groups in total. The van der Waals surface area contributed by atoms with Crippen molar-refractivity contribution in [3.8, 4) is 0 Å². The minimum Gasteiger partial charge on any atom is 0 e. The molecule has 0 aliphatic rings. The second-order valence-corrected chi connectivity index (χ2v) is 0. The molecule has 0 atom stereocenters. The molecule has 8 heavy (non-hydrogen) atoms. The Morgan fingerprint density at radius 1 is 0.625 bits per heavy atom. The van der Waals surface area contributed by atoms with Gasteiger partial charge in [-0.1, -0.05) is 0 Å². The molecule has 0 aromatic heterocycles. The van der Waals surface area contributed by atoms with Crippen LogP contribution in [0.3, 0.4) is 0 Å². The Bertz CT molecular complexity index is 16.0. The first kappa shape index (κ1) is 126. The van der Waals surface area contributed by atoms with Crippen molar-refractivity contribution in [3.63, 3.8) is 0 Å². The van der Waals surface area contributed by atoms with Crippen molar-refractivity contribution in [1.82, 2.24) is 0 Å². The van der Waals surface area contributed by atoms with Crippen LogP contribution in [0.4, 0.5) is 0 Å². The number of hydrogen-bond acceptors (Lipinski definition) is 0. The van der Waals surface area contributed by atoms with Crippen LogP contribution in [0, 0.1) is 0 Å². The van der Waals surface area contributed by atoms with E-state index in [1.54, 1.807) is 0 Å². The van der Waals surface area contributed by atoms with Gasteiger partial charge < -0.3 is 21.9 Å². The fourth-order valence-electron chi connectivity index (χ4n) is 0. The van der Waals surface area contributed by atoms with Crippen LogP contribution in [0.5, 0.6) is 0 Å². The molecule has 0 saturated carbocycles. The zero-order chi connectivity index (χ0) is 0. The Labute approximate surface area is 113 Å². The van der Waals surface area contributed by atoms with Crippen molar-refractivity contribution in [3.05, 3.63) is 0 Å². The molecule has 4 nitrogen and oxygen atoms in total. The molecular formula is H11BiNbO4TaTi. The fourth-order valence-corrected chi connectivity index (χ4v) is 0. The average molecular weight is 606 g/mol. The van der Waals surface area contributed by atoms with Gasteiger partial charge in [-0.3, -0.25) is 0 Å². The van der Waals surface area contributed by atoms with E-state index in [0.717, 1.165) is 0 Å². The first-order valence-electron chi connectivity index (χ1n) is 0. The second-order valence-electron chi connectivity index (χ2n) is 0. The summed E-state index contributed by atoms with van der Waals surface area (Å²) in [7, 11) is 0. The Hall–Kier alpha value is 2.92. The molecule has 0 aliphatic carbocycles. The SMILES string of the molecule is O.O.O.O.[BiH3].[Nb].[Ta].[Ti]. The van der Waals surface area contributed by atoms with Gasteiger partial charge in [-0.2, -0.15) is 0 Å². The van der Waals surface area contributed by atoms with E-state index in [-0.39, 0.29) is 115 Å². The Kier molecular flexibility index (Phi) is 1460. The van der Waals surface area contributed by atoms with Crippen LogP contribution in [0.1, 0.15) is 0 Å². The molecule has 0 aliphatic heterocycles. The molecule has 0 amide bonds. The van der Waals surface area contributed by atoms with E-state index in [4.69, 9.17) is 0 Å². The van der Waals surface area contributed by atoms with Crippen molar-refractivity contribution >= 4 is 26.2 Å². The molecular weight excluding hydrogens is 595 g/mol. The molecule has 0 fully saturated rings. The third kappa shape index (κ3) is 65.7. The zero-order valence-electron chi connectivity index (χ0n) is 4.10. The summed E-state index contributed by atoms with van der Waals surface area (Å²) in [6, 6.07) is 0. The number of hydrogen-bond donors (Lipinski definition) is 0. The van der Waals surface area contributed by atoms with E-state index in [1.807, 2.05) is 0 Å². The summed E-state index contributed by atoms with van der Waals surface area (Å²) in [6.45, 7) is 0. The predicted octanol–water partition coefficient (Wildman–Crippen LogP) is -4.49. The van der Waals surface area contributed by atoms with Gasteiger partial charge in [-0.25, -0.2) is 0 Å². The van der Waals surface area contributed by atoms with Gasteiger partial charge in [0, 0.05) is 66.5 Å². The fraction of sp³-hybridized carbons (Fsp3) is 0. The molecule has 0 aromatic carbocycles. The molecule has 0 heterocycles. The van der Waals surface area contributed by atoms with E-state index >= 15 is 0 Å². The molecule has 54 valence electrons. The molecule has 0 bridgehead atoms. The minimum atomic E-state index is 0. The van der Waals surface area contributed by atoms with E-state index in [2.05, 4.69) is 0 Å². The van der Waals surface area contributed by atoms with E-state index < -0.39 is 0 Å². The standard InChI is InChI=1S/Bi.Nb.4H2O.Ta.Ti.3H/h;;4*1H2;;;;;. The summed E-state index contributed by atoms with van der Waals surface area (Å²) in [6.07, 6.45) is 0. The quantitative estimate of drug-likeness (QED) is 0.247. The Balaban J connectivity index is 0. The first-order chi connectivity index (χ1) is 0. The van der Waals surface area contributed by atoms with Crippen LogP contribution in [0.25, 0.3) is 0 Å². The van der Waals surface area contributed by atoms with Gasteiger partial charge in [0.2, 0.25) is 0 Å². The van der Waals surface area contributed by atoms with Gasteiger partial charge in [0.15, 0.2) is 0 Å². The van der Waals surface area contributed by atoms with Gasteiger partial charge in [-0.15, -0.1) is 0 Å². The van der Waals surface area contributed by atoms with Crippen LogP contribution >= 0.6 is 0 Å². The molecule has 8 heteroatoms. The maximum absolute atomic E-state index is 0. The molecule has 0 rings (SSSR count). The van der Waals surface area contributed by atoms with Crippen LogP contribution in [0.15, 0.2) is 0 Å². The summed E-state index contributed by atoms with van der Waals surface area (Å²) in [5, 5.41) is 0. The van der Waals surface area contributed by atoms with Crippen LogP contribution in [-0.2, 0) is 66.5 Å². The van der Waals surface area contributed by atoms with E-state index in [1.165, 1.54) is 0 Å². The summed E-state index contributed by atoms with van der Waals surface area (Å²) < 4.78 is 0. The largest absolute Gasteiger partial charge is 0 e. The van der Waals surface area contributed by atoms with E-state index in [9.17, 15) is 0 Å². The summed E-state index contributed by atoms with van der Waals surface area (Å²) in [5.74, 6) is 0. The molecule has 0 aromatic rings. The topological polar surface area (TPSA) is 126 Å². The van der Waals surface area contributed by atoms with Gasteiger partial charge >= 0.3 is 26.2 Å². The molecule has 0 unspecified atom stereocenters. The van der Waals surface area contributed by atoms with Crippen molar-refractivity contribution < 1.29 is 88.4 Å². The van der Waals surface area contributed by atoms with Crippen molar-refractivity contribution in [2.75, 3.05) is 0 Å². The van der Waals surface area contributed by atoms with Gasteiger partial charge in [0.25, 0.3) is 0 Å². The number of rotatable bonds is 0. The van der Waals surface area contributed by atoms with Crippen molar-refractivity contribution in [2.45, 2.75) is 0 Å². The van der Waals surface area contributed by atoms with Crippen molar-refractivity contribution in [2.24, 2.45) is 0 Å². The maximum Gasteiger partial charge on any atom is 0 e. The Morgan fingerprint density at radius 3 is 0.625 bits per heavy atom. The monoisotopic (exact) mass is 606 g/mol. The van der Waals surface area contributed by atoms with Gasteiger partial charge in [0.05, 0.1) is 0 Å². The summed E-state index contributed by atoms with van der Waals surface area (Å²) in [5.41, 5.74) is 0. The summed E-state index contributed by atoms with van der Waals surface area (Å²) in [4.78, 5) is 0. The first-order valence-corrected chi connectivity index (χ1v) is 0. The smallest absolute Gasteiger partial charge is 0 e. The third-order valence-corrected chi connectivity index (χ3v) is 0. The Morgan fingerprint density at radius 2 is 0.625 bits per heavy atom. The zero-order valence-corrected chi connectivity index (χ0v) is 16.6. The van der Waals surface area contributed by atoms with E-state index in [0.29, 0.717) is 0 Å². The molecule has 0 spiro atoms. The minimum absolute atomic E-state index is 0. The summed E-state index contributed by atoms with van der Waals surface area (Å²) >= 11 is 0. The molecule has 2 radical (unpaired) electrons. The third-order valence-electron chi connectivity index (χ3n) is 0. The average Bonchev–Trinajstić information content (AvgIpc) is 0. The van der Waals surface area contributed by atoms with Crippen LogP contribution < -0.4 is 0 Å². The normalized spacial score (nSPS) is 0.